The highest BCUT2D eigenvalue weighted by atomic mass is 32.2. The molecule has 1 fully saturated rings. The van der Waals surface area contributed by atoms with Crippen molar-refractivity contribution in [1.29, 1.82) is 0 Å². The van der Waals surface area contributed by atoms with Crippen LogP contribution in [-0.2, 0) is 21.1 Å². The molecular weight excluding hydrogens is 478 g/mol. The molecule has 0 atom stereocenters. The highest BCUT2D eigenvalue weighted by molar-refractivity contribution is 7.90. The molecule has 35 heavy (non-hydrogen) atoms. The number of benzene rings is 1. The molecule has 0 bridgehead atoms. The summed E-state index contributed by atoms with van der Waals surface area (Å²) in [5, 5.41) is 17.4. The van der Waals surface area contributed by atoms with Crippen LogP contribution >= 0.6 is 0 Å². The monoisotopic (exact) mass is 501 g/mol. The fourth-order valence-electron chi connectivity index (χ4n) is 3.22. The molecule has 4 N–H and O–H groups in total. The predicted molar refractivity (Wildman–Crippen MR) is 125 cm³/mol. The Balaban J connectivity index is 1.64. The normalized spacial score (nSPS) is 13.3. The van der Waals surface area contributed by atoms with Crippen LogP contribution < -0.4 is 21.1 Å². The summed E-state index contributed by atoms with van der Waals surface area (Å²) in [5.74, 6) is -0.317. The van der Waals surface area contributed by atoms with Gasteiger partial charge in [0, 0.05) is 24.7 Å². The van der Waals surface area contributed by atoms with Crippen LogP contribution in [0.3, 0.4) is 0 Å². The first-order valence-electron chi connectivity index (χ1n) is 10.6. The van der Waals surface area contributed by atoms with Gasteiger partial charge in [-0.1, -0.05) is 11.2 Å². The van der Waals surface area contributed by atoms with E-state index in [4.69, 9.17) is 15.0 Å². The van der Waals surface area contributed by atoms with Crippen LogP contribution in [0.4, 0.5) is 17.2 Å². The molecule has 1 aliphatic rings. The van der Waals surface area contributed by atoms with Gasteiger partial charge in [0.15, 0.2) is 17.3 Å². The van der Waals surface area contributed by atoms with Gasteiger partial charge in [-0.25, -0.2) is 8.42 Å². The van der Waals surface area contributed by atoms with E-state index in [1.165, 1.54) is 13.2 Å². The number of para-hydroxylation sites is 1. The maximum Gasteiger partial charge on any atom is 0.271 e. The van der Waals surface area contributed by atoms with Crippen molar-refractivity contribution in [2.45, 2.75) is 19.3 Å². The Labute approximate surface area is 200 Å². The third-order valence-electron chi connectivity index (χ3n) is 5.11. The SMILES string of the molecule is COc1c(Nc2cc(NC(=O)C3CC3)nnc2C(N)=O)cccc1-c1noc(CCS(C)(=O)=O)n1. The Morgan fingerprint density at radius 1 is 1.23 bits per heavy atom. The summed E-state index contributed by atoms with van der Waals surface area (Å²) in [4.78, 5) is 28.3. The van der Waals surface area contributed by atoms with Crippen LogP contribution in [0.1, 0.15) is 29.2 Å². The molecule has 1 aromatic carbocycles. The first kappa shape index (κ1) is 24.1. The van der Waals surface area contributed by atoms with Crippen LogP contribution in [-0.4, -0.2) is 59.7 Å². The van der Waals surface area contributed by atoms with Gasteiger partial charge in [-0.05, 0) is 25.0 Å². The largest absolute Gasteiger partial charge is 0.494 e. The molecule has 1 aliphatic carbocycles. The molecule has 2 heterocycles. The molecule has 0 unspecified atom stereocenters. The van der Waals surface area contributed by atoms with Crippen molar-refractivity contribution in [2.24, 2.45) is 11.7 Å². The first-order chi connectivity index (χ1) is 16.6. The van der Waals surface area contributed by atoms with Gasteiger partial charge in [-0.2, -0.15) is 4.98 Å². The average molecular weight is 502 g/mol. The van der Waals surface area contributed by atoms with E-state index in [0.717, 1.165) is 19.1 Å². The smallest absolute Gasteiger partial charge is 0.271 e. The number of hydrogen-bond donors (Lipinski definition) is 3. The van der Waals surface area contributed by atoms with E-state index in [0.29, 0.717) is 17.0 Å². The Kier molecular flexibility index (Phi) is 6.64. The topological polar surface area (TPSA) is 192 Å². The molecule has 1 saturated carbocycles. The second-order valence-corrected chi connectivity index (χ2v) is 10.3. The lowest BCUT2D eigenvalue weighted by Crippen LogP contribution is -2.19. The second kappa shape index (κ2) is 9.66. The molecular formula is C21H23N7O6S. The molecule has 3 aromatic rings. The van der Waals surface area contributed by atoms with Crippen LogP contribution in [0.15, 0.2) is 28.8 Å². The maximum absolute atomic E-state index is 12.1. The van der Waals surface area contributed by atoms with Gasteiger partial charge in [0.05, 0.1) is 29.8 Å². The summed E-state index contributed by atoms with van der Waals surface area (Å²) < 4.78 is 33.6. The number of hydrogen-bond acceptors (Lipinski definition) is 11. The summed E-state index contributed by atoms with van der Waals surface area (Å²) in [6.07, 6.45) is 2.84. The van der Waals surface area contributed by atoms with Gasteiger partial charge in [-0.15, -0.1) is 10.2 Å². The number of nitrogens with zero attached hydrogens (tertiary/aromatic N) is 4. The molecule has 184 valence electrons. The van der Waals surface area contributed by atoms with Gasteiger partial charge in [0.25, 0.3) is 5.91 Å². The molecule has 2 amide bonds. The summed E-state index contributed by atoms with van der Waals surface area (Å²) in [7, 11) is -1.75. The number of primary amides is 1. The first-order valence-corrected chi connectivity index (χ1v) is 12.6. The summed E-state index contributed by atoms with van der Waals surface area (Å²) in [5.41, 5.74) is 6.40. The minimum absolute atomic E-state index is 0.0434. The Morgan fingerprint density at radius 2 is 2.00 bits per heavy atom. The fourth-order valence-corrected chi connectivity index (χ4v) is 3.76. The van der Waals surface area contributed by atoms with Crippen molar-refractivity contribution in [3.05, 3.63) is 35.9 Å². The third-order valence-corrected chi connectivity index (χ3v) is 6.06. The van der Waals surface area contributed by atoms with Crippen molar-refractivity contribution in [2.75, 3.05) is 29.8 Å². The number of ether oxygens (including phenoxy) is 1. The van der Waals surface area contributed by atoms with Crippen LogP contribution in [0, 0.1) is 5.92 Å². The van der Waals surface area contributed by atoms with Gasteiger partial charge >= 0.3 is 0 Å². The van der Waals surface area contributed by atoms with E-state index in [1.807, 2.05) is 0 Å². The maximum atomic E-state index is 12.1. The predicted octanol–water partition coefficient (Wildman–Crippen LogP) is 1.31. The summed E-state index contributed by atoms with van der Waals surface area (Å²) >= 11 is 0. The quantitative estimate of drug-likeness (QED) is 0.363. The number of anilines is 3. The number of aryl methyl sites for hydroxylation is 1. The number of aromatic nitrogens is 4. The summed E-state index contributed by atoms with van der Waals surface area (Å²) in [6, 6.07) is 6.52. The van der Waals surface area contributed by atoms with Crippen molar-refractivity contribution in [1.82, 2.24) is 20.3 Å². The van der Waals surface area contributed by atoms with Crippen molar-refractivity contribution >= 4 is 38.8 Å². The zero-order valence-electron chi connectivity index (χ0n) is 18.9. The Morgan fingerprint density at radius 3 is 2.66 bits per heavy atom. The second-order valence-electron chi connectivity index (χ2n) is 8.02. The average Bonchev–Trinajstić information content (AvgIpc) is 3.55. The van der Waals surface area contributed by atoms with Crippen LogP contribution in [0.5, 0.6) is 5.75 Å². The number of carbonyl (C=O) groups is 2. The van der Waals surface area contributed by atoms with E-state index < -0.39 is 15.7 Å². The molecule has 14 heteroatoms. The van der Waals surface area contributed by atoms with Gasteiger partial charge in [0.2, 0.25) is 17.6 Å². The van der Waals surface area contributed by atoms with Crippen LogP contribution in [0.25, 0.3) is 11.4 Å². The lowest BCUT2D eigenvalue weighted by molar-refractivity contribution is -0.117. The minimum Gasteiger partial charge on any atom is -0.494 e. The highest BCUT2D eigenvalue weighted by Crippen LogP contribution is 2.37. The van der Waals surface area contributed by atoms with E-state index in [1.54, 1.807) is 18.2 Å². The highest BCUT2D eigenvalue weighted by Gasteiger charge is 2.30. The van der Waals surface area contributed by atoms with Crippen molar-refractivity contribution in [3.8, 4) is 17.1 Å². The lowest BCUT2D eigenvalue weighted by Gasteiger charge is -2.15. The Bertz CT molecular complexity index is 1380. The molecule has 0 radical (unpaired) electrons. The number of amides is 2. The number of rotatable bonds is 10. The molecule has 0 aliphatic heterocycles. The minimum atomic E-state index is -3.19. The van der Waals surface area contributed by atoms with Crippen LogP contribution in [0.2, 0.25) is 0 Å². The zero-order valence-corrected chi connectivity index (χ0v) is 19.8. The summed E-state index contributed by atoms with van der Waals surface area (Å²) in [6.45, 7) is 0. The molecule has 0 spiro atoms. The molecule has 2 aromatic heterocycles. The van der Waals surface area contributed by atoms with E-state index in [2.05, 4.69) is 31.0 Å². The number of nitrogens with one attached hydrogen (secondary N) is 2. The van der Waals surface area contributed by atoms with E-state index >= 15 is 0 Å². The molecule has 0 saturated heterocycles. The standard InChI is InChI=1S/C21H23N7O6S/c1-33-18-12(20-25-16(34-28-20)8-9-35(2,31)32)4-3-5-13(18)23-14-10-15(24-21(30)11-6-7-11)26-27-17(14)19(22)29/h3-5,10-11H,6-9H2,1-2H3,(H2,22,29)(H2,23,24,26,30). The van der Waals surface area contributed by atoms with Crippen molar-refractivity contribution < 1.29 is 27.3 Å². The van der Waals surface area contributed by atoms with Crippen molar-refractivity contribution in [3.63, 3.8) is 0 Å². The molecule has 13 nitrogen and oxygen atoms in total. The van der Waals surface area contributed by atoms with E-state index in [9.17, 15) is 18.0 Å². The van der Waals surface area contributed by atoms with E-state index in [-0.39, 0.29) is 52.9 Å². The van der Waals surface area contributed by atoms with Gasteiger partial charge in [-0.3, -0.25) is 9.59 Å². The number of nitrogens with two attached hydrogens (primary N) is 1. The number of methoxy groups -OCH3 is 1. The lowest BCUT2D eigenvalue weighted by atomic mass is 10.1. The Hall–Kier alpha value is -4.07. The van der Waals surface area contributed by atoms with Gasteiger partial charge in [0.1, 0.15) is 9.84 Å². The third kappa shape index (κ3) is 5.90. The number of carbonyl (C=O) groups excluding carboxylic acids is 2. The van der Waals surface area contributed by atoms with Gasteiger partial charge < -0.3 is 25.6 Å². The zero-order chi connectivity index (χ0) is 25.2. The number of sulfone groups is 1. The molecule has 4 rings (SSSR count). The fraction of sp³-hybridized carbons (Fsp3) is 0.333.